The van der Waals surface area contributed by atoms with Gasteiger partial charge in [-0.1, -0.05) is 164 Å². The first kappa shape index (κ1) is 35.2. The van der Waals surface area contributed by atoms with Gasteiger partial charge in [0.15, 0.2) is 0 Å². The Bertz CT molecular complexity index is 3700. The van der Waals surface area contributed by atoms with Crippen molar-refractivity contribution >= 4 is 64.9 Å². The summed E-state index contributed by atoms with van der Waals surface area (Å²) in [6.45, 7) is 4.30. The molecular weight excluding hydrogens is 737 g/mol. The Balaban J connectivity index is 0.855. The number of hydrogen-bond donors (Lipinski definition) is 0. The Kier molecular flexibility index (Phi) is 8.01. The third-order valence-corrected chi connectivity index (χ3v) is 12.8. The Labute approximate surface area is 354 Å². The number of aromatic nitrogens is 2. The monoisotopic (exact) mass is 776 g/mol. The molecule has 0 saturated carbocycles. The van der Waals surface area contributed by atoms with Gasteiger partial charge in [-0.25, -0.2) is 4.98 Å². The third kappa shape index (κ3) is 5.83. The SMILES string of the molecule is Cc1cccc2ccc3cccc(-c4cccc5ccc6cc(-c7ccc(-c8ccc9cc(-c%10ccc%11c(c%10)nc(C)n%11-c%10ccccc%10)ccc9c8)cc7)ccc6c45)c3c12. The lowest BCUT2D eigenvalue weighted by molar-refractivity contribution is 1.00. The zero-order valence-electron chi connectivity index (χ0n) is 34.0. The zero-order valence-corrected chi connectivity index (χ0v) is 34.0. The van der Waals surface area contributed by atoms with Gasteiger partial charge in [-0.2, -0.15) is 0 Å². The number of hydrogen-bond acceptors (Lipinski definition) is 1. The summed E-state index contributed by atoms with van der Waals surface area (Å²) in [6.07, 6.45) is 0. The molecule has 12 aromatic rings. The third-order valence-electron chi connectivity index (χ3n) is 12.8. The second kappa shape index (κ2) is 13.9. The number of para-hydroxylation sites is 1. The van der Waals surface area contributed by atoms with E-state index in [1.54, 1.807) is 0 Å². The van der Waals surface area contributed by atoms with Crippen molar-refractivity contribution in [3.05, 3.63) is 218 Å². The molecule has 0 spiro atoms. The van der Waals surface area contributed by atoms with Crippen LogP contribution in [0.3, 0.4) is 0 Å². The molecule has 12 rings (SSSR count). The van der Waals surface area contributed by atoms with Gasteiger partial charge >= 0.3 is 0 Å². The first-order valence-corrected chi connectivity index (χ1v) is 21.1. The quantitative estimate of drug-likeness (QED) is 0.159. The largest absolute Gasteiger partial charge is 0.297 e. The molecule has 0 saturated heterocycles. The first-order valence-electron chi connectivity index (χ1n) is 21.1. The number of fused-ring (bicyclic) bond motifs is 8. The maximum Gasteiger partial charge on any atom is 0.111 e. The molecule has 0 radical (unpaired) electrons. The predicted octanol–water partition coefficient (Wildman–Crippen LogP) is 16.1. The highest BCUT2D eigenvalue weighted by molar-refractivity contribution is 6.21. The molecule has 0 amide bonds. The van der Waals surface area contributed by atoms with Crippen molar-refractivity contribution in [3.63, 3.8) is 0 Å². The minimum absolute atomic E-state index is 0.985. The molecule has 0 aliphatic rings. The van der Waals surface area contributed by atoms with E-state index in [9.17, 15) is 0 Å². The van der Waals surface area contributed by atoms with Gasteiger partial charge in [0.25, 0.3) is 0 Å². The van der Waals surface area contributed by atoms with Gasteiger partial charge in [0.1, 0.15) is 5.82 Å². The fourth-order valence-electron chi connectivity index (χ4n) is 9.83. The minimum atomic E-state index is 0.985. The number of benzene rings is 11. The van der Waals surface area contributed by atoms with Crippen LogP contribution in [0.1, 0.15) is 11.4 Å². The highest BCUT2D eigenvalue weighted by Crippen LogP contribution is 2.42. The Morgan fingerprint density at radius 2 is 0.836 bits per heavy atom. The van der Waals surface area contributed by atoms with E-state index in [2.05, 4.69) is 219 Å². The highest BCUT2D eigenvalue weighted by Gasteiger charge is 2.15. The molecule has 0 atom stereocenters. The lowest BCUT2D eigenvalue weighted by atomic mass is 9.88. The van der Waals surface area contributed by atoms with E-state index in [1.165, 1.54) is 104 Å². The predicted molar refractivity (Wildman–Crippen MR) is 260 cm³/mol. The van der Waals surface area contributed by atoms with Gasteiger partial charge in [0.2, 0.25) is 0 Å². The molecule has 1 aromatic heterocycles. The second-order valence-corrected chi connectivity index (χ2v) is 16.4. The molecule has 286 valence electrons. The summed E-state index contributed by atoms with van der Waals surface area (Å²) in [7, 11) is 0. The van der Waals surface area contributed by atoms with Crippen molar-refractivity contribution in [1.82, 2.24) is 9.55 Å². The lowest BCUT2D eigenvalue weighted by Crippen LogP contribution is -1.95. The van der Waals surface area contributed by atoms with Gasteiger partial charge in [0.05, 0.1) is 11.0 Å². The molecule has 61 heavy (non-hydrogen) atoms. The smallest absolute Gasteiger partial charge is 0.111 e. The van der Waals surface area contributed by atoms with Crippen molar-refractivity contribution in [2.24, 2.45) is 0 Å². The molecule has 2 nitrogen and oxygen atoms in total. The van der Waals surface area contributed by atoms with Gasteiger partial charge in [0, 0.05) is 5.69 Å². The van der Waals surface area contributed by atoms with Crippen LogP contribution in [0, 0.1) is 13.8 Å². The maximum atomic E-state index is 4.93. The van der Waals surface area contributed by atoms with E-state index in [0.29, 0.717) is 0 Å². The summed E-state index contributed by atoms with van der Waals surface area (Å²) < 4.78 is 2.22. The molecule has 0 unspecified atom stereocenters. The van der Waals surface area contributed by atoms with Crippen LogP contribution in [-0.2, 0) is 0 Å². The topological polar surface area (TPSA) is 17.8 Å². The number of imidazole rings is 1. The van der Waals surface area contributed by atoms with Crippen LogP contribution in [0.2, 0.25) is 0 Å². The molecule has 0 N–H and O–H groups in total. The summed E-state index contributed by atoms with van der Waals surface area (Å²) in [5, 5.41) is 12.7. The normalized spacial score (nSPS) is 11.8. The van der Waals surface area contributed by atoms with Crippen LogP contribution in [0.5, 0.6) is 0 Å². The van der Waals surface area contributed by atoms with Crippen molar-refractivity contribution in [1.29, 1.82) is 0 Å². The van der Waals surface area contributed by atoms with Crippen LogP contribution in [0.15, 0.2) is 206 Å². The van der Waals surface area contributed by atoms with E-state index < -0.39 is 0 Å². The molecule has 11 aromatic carbocycles. The molecule has 0 aliphatic carbocycles. The standard InChI is InChI=1S/C59H40N2/c1-37-9-6-10-41-21-22-43-12-8-16-54(59(43)57(37)41)53-15-7-11-42-23-28-50-35-45(29-31-52(50)58(42)53)40-19-17-39(18-20-40)44-24-25-47-34-48(27-26-46(47)33-44)49-30-32-56-55(36-49)60-38(2)61(56)51-13-4-3-5-14-51/h3-36H,1-2H3. The number of aryl methyl sites for hydroxylation is 2. The second-order valence-electron chi connectivity index (χ2n) is 16.4. The summed E-state index contributed by atoms with van der Waals surface area (Å²) in [4.78, 5) is 4.93. The van der Waals surface area contributed by atoms with Gasteiger partial charge in [-0.3, -0.25) is 4.57 Å². The van der Waals surface area contributed by atoms with Crippen LogP contribution < -0.4 is 0 Å². The summed E-state index contributed by atoms with van der Waals surface area (Å²) in [6, 6.07) is 75.8. The van der Waals surface area contributed by atoms with Gasteiger partial charge < -0.3 is 0 Å². The lowest BCUT2D eigenvalue weighted by Gasteiger charge is -2.16. The van der Waals surface area contributed by atoms with Crippen molar-refractivity contribution in [2.75, 3.05) is 0 Å². The summed E-state index contributed by atoms with van der Waals surface area (Å²) >= 11 is 0. The Hall–Kier alpha value is -7.81. The number of nitrogens with zero attached hydrogens (tertiary/aromatic N) is 2. The van der Waals surface area contributed by atoms with Crippen LogP contribution in [-0.4, -0.2) is 9.55 Å². The van der Waals surface area contributed by atoms with Gasteiger partial charge in [-0.15, -0.1) is 0 Å². The average Bonchev–Trinajstić information content (AvgIpc) is 3.65. The fourth-order valence-corrected chi connectivity index (χ4v) is 9.83. The van der Waals surface area contributed by atoms with Gasteiger partial charge in [-0.05, 0) is 160 Å². The first-order chi connectivity index (χ1) is 30.0. The zero-order chi connectivity index (χ0) is 40.6. The fraction of sp³-hybridized carbons (Fsp3) is 0.0339. The molecule has 0 fully saturated rings. The van der Waals surface area contributed by atoms with Crippen LogP contribution >= 0.6 is 0 Å². The molecule has 0 aliphatic heterocycles. The van der Waals surface area contributed by atoms with E-state index in [-0.39, 0.29) is 0 Å². The van der Waals surface area contributed by atoms with Crippen LogP contribution in [0.25, 0.3) is 115 Å². The molecule has 1 heterocycles. The molecular formula is C59H40N2. The van der Waals surface area contributed by atoms with E-state index in [0.717, 1.165) is 22.5 Å². The van der Waals surface area contributed by atoms with Crippen LogP contribution in [0.4, 0.5) is 0 Å². The van der Waals surface area contributed by atoms with Crippen molar-refractivity contribution in [2.45, 2.75) is 13.8 Å². The van der Waals surface area contributed by atoms with Crippen molar-refractivity contribution < 1.29 is 0 Å². The number of rotatable bonds is 5. The Morgan fingerprint density at radius 3 is 1.52 bits per heavy atom. The van der Waals surface area contributed by atoms with E-state index in [1.807, 2.05) is 6.07 Å². The molecule has 0 bridgehead atoms. The minimum Gasteiger partial charge on any atom is -0.297 e. The highest BCUT2D eigenvalue weighted by atomic mass is 15.1. The summed E-state index contributed by atoms with van der Waals surface area (Å²) in [5.74, 6) is 0.985. The van der Waals surface area contributed by atoms with E-state index >= 15 is 0 Å². The maximum absolute atomic E-state index is 4.93. The van der Waals surface area contributed by atoms with E-state index in [4.69, 9.17) is 4.98 Å². The average molecular weight is 777 g/mol. The van der Waals surface area contributed by atoms with Crippen molar-refractivity contribution in [3.8, 4) is 50.2 Å². The summed E-state index contributed by atoms with van der Waals surface area (Å²) in [5.41, 5.74) is 14.3. The molecule has 2 heteroatoms. The Morgan fingerprint density at radius 1 is 0.344 bits per heavy atom.